The first-order valence-corrected chi connectivity index (χ1v) is 7.34. The van der Waals surface area contributed by atoms with Crippen molar-refractivity contribution >= 4 is 11.8 Å². The van der Waals surface area contributed by atoms with Crippen molar-refractivity contribution in [1.82, 2.24) is 0 Å². The number of methoxy groups -OCH3 is 1. The molecule has 1 aromatic carbocycles. The summed E-state index contributed by atoms with van der Waals surface area (Å²) >= 11 is 0. The Morgan fingerprint density at radius 1 is 1.14 bits per heavy atom. The van der Waals surface area contributed by atoms with E-state index in [1.807, 2.05) is 34.6 Å². The van der Waals surface area contributed by atoms with Crippen molar-refractivity contribution in [3.05, 3.63) is 34.4 Å². The molecule has 0 N–H and O–H groups in total. The number of hydrogen-bond donors (Lipinski definition) is 0. The van der Waals surface area contributed by atoms with Gasteiger partial charge in [0, 0.05) is 6.42 Å². The second kappa shape index (κ2) is 4.97. The van der Waals surface area contributed by atoms with Crippen LogP contribution in [0.3, 0.4) is 0 Å². The maximum absolute atomic E-state index is 12.8. The Balaban J connectivity index is 2.33. The minimum absolute atomic E-state index is 0.0191. The standard InChI is InChI=1S/C18H24O3/c1-11-7-12(2)14(13(3)8-11)9-15(19)18(16(20)21-6)10-17(18,4)5/h7-8H,9-10H2,1-6H3. The van der Waals surface area contributed by atoms with Crippen molar-refractivity contribution < 1.29 is 14.3 Å². The fraction of sp³-hybridized carbons (Fsp3) is 0.556. The van der Waals surface area contributed by atoms with E-state index in [-0.39, 0.29) is 17.2 Å². The summed E-state index contributed by atoms with van der Waals surface area (Å²) in [5.74, 6) is -0.408. The molecule has 1 fully saturated rings. The van der Waals surface area contributed by atoms with Gasteiger partial charge in [0.1, 0.15) is 5.41 Å². The number of aryl methyl sites for hydroxylation is 3. The summed E-state index contributed by atoms with van der Waals surface area (Å²) in [6.07, 6.45) is 0.881. The van der Waals surface area contributed by atoms with Gasteiger partial charge in [0.25, 0.3) is 0 Å². The Hall–Kier alpha value is -1.64. The van der Waals surface area contributed by atoms with Crippen LogP contribution in [0.15, 0.2) is 12.1 Å². The molecule has 0 spiro atoms. The first-order valence-electron chi connectivity index (χ1n) is 7.34. The van der Waals surface area contributed by atoms with Gasteiger partial charge in [-0.05, 0) is 49.3 Å². The third-order valence-corrected chi connectivity index (χ3v) is 4.93. The molecular weight excluding hydrogens is 264 g/mol. The van der Waals surface area contributed by atoms with Crippen molar-refractivity contribution in [1.29, 1.82) is 0 Å². The Labute approximate surface area is 126 Å². The summed E-state index contributed by atoms with van der Waals surface area (Å²) in [6, 6.07) is 4.16. The van der Waals surface area contributed by atoms with Crippen molar-refractivity contribution in [2.45, 2.75) is 47.5 Å². The van der Waals surface area contributed by atoms with Crippen LogP contribution in [0.4, 0.5) is 0 Å². The molecule has 0 radical (unpaired) electrons. The van der Waals surface area contributed by atoms with E-state index in [0.717, 1.165) is 16.7 Å². The van der Waals surface area contributed by atoms with Crippen LogP contribution in [0.1, 0.15) is 42.5 Å². The van der Waals surface area contributed by atoms with E-state index in [1.165, 1.54) is 12.7 Å². The van der Waals surface area contributed by atoms with Crippen molar-refractivity contribution in [3.8, 4) is 0 Å². The average Bonchev–Trinajstić information content (AvgIpc) is 2.97. The van der Waals surface area contributed by atoms with Gasteiger partial charge in [-0.1, -0.05) is 31.5 Å². The topological polar surface area (TPSA) is 43.4 Å². The lowest BCUT2D eigenvalue weighted by Crippen LogP contribution is -2.33. The minimum atomic E-state index is -0.953. The highest BCUT2D eigenvalue weighted by Crippen LogP contribution is 2.64. The Morgan fingerprint density at radius 3 is 2.00 bits per heavy atom. The molecule has 0 saturated heterocycles. The largest absolute Gasteiger partial charge is 0.468 e. The summed E-state index contributed by atoms with van der Waals surface area (Å²) in [5, 5.41) is 0. The monoisotopic (exact) mass is 288 g/mol. The molecule has 0 aromatic heterocycles. The van der Waals surface area contributed by atoms with E-state index in [0.29, 0.717) is 12.8 Å². The Morgan fingerprint density at radius 2 is 1.62 bits per heavy atom. The highest BCUT2D eigenvalue weighted by Gasteiger charge is 2.71. The van der Waals surface area contributed by atoms with Gasteiger partial charge in [-0.2, -0.15) is 0 Å². The quantitative estimate of drug-likeness (QED) is 0.630. The van der Waals surface area contributed by atoms with Gasteiger partial charge in [-0.3, -0.25) is 9.59 Å². The van der Waals surface area contributed by atoms with Crippen LogP contribution in [-0.2, 0) is 20.7 Å². The van der Waals surface area contributed by atoms with Gasteiger partial charge in [0.2, 0.25) is 0 Å². The van der Waals surface area contributed by atoms with E-state index in [1.54, 1.807) is 0 Å². The molecule has 3 nitrogen and oxygen atoms in total. The van der Waals surface area contributed by atoms with Crippen LogP contribution in [0.5, 0.6) is 0 Å². The van der Waals surface area contributed by atoms with Crippen LogP contribution in [0, 0.1) is 31.6 Å². The first kappa shape index (κ1) is 15.7. The summed E-state index contributed by atoms with van der Waals surface area (Å²) in [7, 11) is 1.36. The van der Waals surface area contributed by atoms with Crippen LogP contribution in [0.25, 0.3) is 0 Å². The molecule has 1 aliphatic carbocycles. The second-order valence-electron chi connectivity index (χ2n) is 6.93. The molecule has 0 aliphatic heterocycles. The molecule has 1 aliphatic rings. The number of carbonyl (C=O) groups is 2. The molecule has 21 heavy (non-hydrogen) atoms. The van der Waals surface area contributed by atoms with E-state index >= 15 is 0 Å². The molecule has 0 heterocycles. The SMILES string of the molecule is COC(=O)C1(C(=O)Cc2c(C)cc(C)cc2C)CC1(C)C. The summed E-state index contributed by atoms with van der Waals surface area (Å²) in [4.78, 5) is 24.9. The maximum atomic E-state index is 12.8. The van der Waals surface area contributed by atoms with Crippen LogP contribution < -0.4 is 0 Å². The zero-order chi connectivity index (χ0) is 16.0. The second-order valence-corrected chi connectivity index (χ2v) is 6.93. The first-order chi connectivity index (χ1) is 9.65. The molecule has 2 rings (SSSR count). The molecule has 114 valence electrons. The number of Topliss-reactive ketones (excluding diaryl/α,β-unsaturated/α-hetero) is 1. The maximum Gasteiger partial charge on any atom is 0.319 e. The molecule has 1 atom stereocenters. The van der Waals surface area contributed by atoms with Crippen LogP contribution in [-0.4, -0.2) is 18.9 Å². The Kier molecular flexibility index (Phi) is 3.73. The lowest BCUT2D eigenvalue weighted by Gasteiger charge is -2.18. The molecule has 1 aromatic rings. The number of hydrogen-bond acceptors (Lipinski definition) is 3. The van der Waals surface area contributed by atoms with Crippen molar-refractivity contribution in [3.63, 3.8) is 0 Å². The fourth-order valence-electron chi connectivity index (χ4n) is 3.53. The third-order valence-electron chi connectivity index (χ3n) is 4.93. The number of esters is 1. The summed E-state index contributed by atoms with van der Waals surface area (Å²) in [6.45, 7) is 10.00. The molecule has 3 heteroatoms. The summed E-state index contributed by atoms with van der Waals surface area (Å²) < 4.78 is 4.89. The molecular formula is C18H24O3. The summed E-state index contributed by atoms with van der Waals surface area (Å²) in [5.41, 5.74) is 3.20. The van der Waals surface area contributed by atoms with Gasteiger partial charge in [0.15, 0.2) is 5.78 Å². The Bertz CT molecular complexity index is 590. The molecule has 1 unspecified atom stereocenters. The van der Waals surface area contributed by atoms with Crippen molar-refractivity contribution in [2.24, 2.45) is 10.8 Å². The van der Waals surface area contributed by atoms with E-state index < -0.39 is 5.41 Å². The predicted molar refractivity (Wildman–Crippen MR) is 82.2 cm³/mol. The molecule has 0 amide bonds. The number of carbonyl (C=O) groups excluding carboxylic acids is 2. The van der Waals surface area contributed by atoms with Crippen LogP contribution in [0.2, 0.25) is 0 Å². The predicted octanol–water partition coefficient (Wildman–Crippen LogP) is 3.31. The minimum Gasteiger partial charge on any atom is -0.468 e. The van der Waals surface area contributed by atoms with Gasteiger partial charge in [0.05, 0.1) is 7.11 Å². The van der Waals surface area contributed by atoms with Gasteiger partial charge in [-0.25, -0.2) is 0 Å². The molecule has 1 saturated carbocycles. The van der Waals surface area contributed by atoms with Crippen molar-refractivity contribution in [2.75, 3.05) is 7.11 Å². The van der Waals surface area contributed by atoms with Crippen LogP contribution >= 0.6 is 0 Å². The van der Waals surface area contributed by atoms with Gasteiger partial charge < -0.3 is 4.74 Å². The number of rotatable bonds is 4. The smallest absolute Gasteiger partial charge is 0.319 e. The lowest BCUT2D eigenvalue weighted by molar-refractivity contribution is -0.153. The number of ketones is 1. The fourth-order valence-corrected chi connectivity index (χ4v) is 3.53. The normalized spacial score (nSPS) is 22.8. The zero-order valence-electron chi connectivity index (χ0n) is 13.8. The number of benzene rings is 1. The van der Waals surface area contributed by atoms with E-state index in [2.05, 4.69) is 12.1 Å². The zero-order valence-corrected chi connectivity index (χ0v) is 13.8. The van der Waals surface area contributed by atoms with E-state index in [9.17, 15) is 9.59 Å². The highest BCUT2D eigenvalue weighted by molar-refractivity contribution is 6.09. The lowest BCUT2D eigenvalue weighted by atomic mass is 9.85. The third kappa shape index (κ3) is 2.39. The average molecular weight is 288 g/mol. The van der Waals surface area contributed by atoms with Gasteiger partial charge >= 0.3 is 5.97 Å². The highest BCUT2D eigenvalue weighted by atomic mass is 16.5. The van der Waals surface area contributed by atoms with Gasteiger partial charge in [-0.15, -0.1) is 0 Å². The van der Waals surface area contributed by atoms with E-state index in [4.69, 9.17) is 4.74 Å². The number of ether oxygens (including phenoxy) is 1. The molecule has 0 bridgehead atoms.